The Kier molecular flexibility index (Phi) is 3.48. The lowest BCUT2D eigenvalue weighted by atomic mass is 10.3. The summed E-state index contributed by atoms with van der Waals surface area (Å²) in [6.07, 6.45) is 2.51. The number of esters is 1. The zero-order valence-corrected chi connectivity index (χ0v) is 9.17. The van der Waals surface area contributed by atoms with Crippen LogP contribution in [-0.4, -0.2) is 22.9 Å². The van der Waals surface area contributed by atoms with Crippen LogP contribution >= 0.6 is 15.9 Å². The Morgan fingerprint density at radius 2 is 2.46 bits per heavy atom. The molecule has 0 fully saturated rings. The predicted molar refractivity (Wildman–Crippen MR) is 51.3 cm³/mol. The number of hydrogen-bond acceptors (Lipinski definition) is 3. The molecule has 0 saturated carbocycles. The van der Waals surface area contributed by atoms with Crippen molar-refractivity contribution in [2.75, 3.05) is 7.11 Å². The molecule has 0 unspecified atom stereocenters. The Hall–Kier alpha value is -0.840. The SMILES string of the molecule is CCc1c(Br)cnn1CC(=O)OC. The summed E-state index contributed by atoms with van der Waals surface area (Å²) in [4.78, 5) is 11.0. The first-order valence-electron chi connectivity index (χ1n) is 3.96. The summed E-state index contributed by atoms with van der Waals surface area (Å²) in [7, 11) is 1.37. The third-order valence-electron chi connectivity index (χ3n) is 1.74. The molecule has 5 heteroatoms. The zero-order valence-electron chi connectivity index (χ0n) is 7.58. The van der Waals surface area contributed by atoms with Gasteiger partial charge in [0.25, 0.3) is 0 Å². The van der Waals surface area contributed by atoms with Gasteiger partial charge in [0.1, 0.15) is 6.54 Å². The molecule has 4 nitrogen and oxygen atoms in total. The summed E-state index contributed by atoms with van der Waals surface area (Å²) in [5.41, 5.74) is 1.01. The van der Waals surface area contributed by atoms with Gasteiger partial charge in [-0.25, -0.2) is 0 Å². The van der Waals surface area contributed by atoms with Gasteiger partial charge in [0.15, 0.2) is 0 Å². The van der Waals surface area contributed by atoms with E-state index >= 15 is 0 Å². The molecule has 1 rings (SSSR count). The van der Waals surface area contributed by atoms with E-state index in [0.717, 1.165) is 16.6 Å². The van der Waals surface area contributed by atoms with Gasteiger partial charge in [-0.1, -0.05) is 6.92 Å². The first-order chi connectivity index (χ1) is 6.19. The molecule has 1 heterocycles. The minimum atomic E-state index is -0.287. The molecule has 0 aliphatic rings. The van der Waals surface area contributed by atoms with Gasteiger partial charge in [0.05, 0.1) is 23.5 Å². The highest BCUT2D eigenvalue weighted by Crippen LogP contribution is 2.16. The molecular formula is C8H11BrN2O2. The van der Waals surface area contributed by atoms with Gasteiger partial charge in [-0.05, 0) is 22.4 Å². The van der Waals surface area contributed by atoms with Crippen molar-refractivity contribution in [3.05, 3.63) is 16.4 Å². The van der Waals surface area contributed by atoms with Crippen LogP contribution in [-0.2, 0) is 22.5 Å². The van der Waals surface area contributed by atoms with Gasteiger partial charge in [0.2, 0.25) is 0 Å². The average molecular weight is 247 g/mol. The summed E-state index contributed by atoms with van der Waals surface area (Å²) < 4.78 is 7.11. The summed E-state index contributed by atoms with van der Waals surface area (Å²) in [6.45, 7) is 2.18. The van der Waals surface area contributed by atoms with Gasteiger partial charge in [0, 0.05) is 0 Å². The summed E-state index contributed by atoms with van der Waals surface area (Å²) in [5.74, 6) is -0.287. The van der Waals surface area contributed by atoms with Gasteiger partial charge in [-0.3, -0.25) is 9.48 Å². The normalized spacial score (nSPS) is 10.1. The number of halogens is 1. The fourth-order valence-corrected chi connectivity index (χ4v) is 1.64. The van der Waals surface area contributed by atoms with E-state index in [2.05, 4.69) is 25.8 Å². The molecular weight excluding hydrogens is 236 g/mol. The predicted octanol–water partition coefficient (Wildman–Crippen LogP) is 1.38. The van der Waals surface area contributed by atoms with Gasteiger partial charge in [-0.2, -0.15) is 5.10 Å². The van der Waals surface area contributed by atoms with E-state index in [-0.39, 0.29) is 12.5 Å². The van der Waals surface area contributed by atoms with Crippen molar-refractivity contribution < 1.29 is 9.53 Å². The lowest BCUT2D eigenvalue weighted by Gasteiger charge is -2.03. The van der Waals surface area contributed by atoms with E-state index in [0.29, 0.717) is 0 Å². The smallest absolute Gasteiger partial charge is 0.327 e. The van der Waals surface area contributed by atoms with E-state index in [9.17, 15) is 4.79 Å². The largest absolute Gasteiger partial charge is 0.468 e. The number of aromatic nitrogens is 2. The minimum absolute atomic E-state index is 0.172. The maximum Gasteiger partial charge on any atom is 0.327 e. The third kappa shape index (κ3) is 2.30. The highest BCUT2D eigenvalue weighted by molar-refractivity contribution is 9.10. The van der Waals surface area contributed by atoms with Crippen LogP contribution in [0, 0.1) is 0 Å². The van der Waals surface area contributed by atoms with E-state index < -0.39 is 0 Å². The van der Waals surface area contributed by atoms with Crippen LogP contribution in [0.15, 0.2) is 10.7 Å². The Morgan fingerprint density at radius 1 is 1.77 bits per heavy atom. The van der Waals surface area contributed by atoms with Crippen molar-refractivity contribution in [2.24, 2.45) is 0 Å². The van der Waals surface area contributed by atoms with Crippen LogP contribution in [0.1, 0.15) is 12.6 Å². The topological polar surface area (TPSA) is 44.1 Å². The van der Waals surface area contributed by atoms with Crippen molar-refractivity contribution >= 4 is 21.9 Å². The second-order valence-electron chi connectivity index (χ2n) is 2.53. The molecule has 0 amide bonds. The molecule has 1 aromatic heterocycles. The van der Waals surface area contributed by atoms with Crippen molar-refractivity contribution in [3.8, 4) is 0 Å². The second-order valence-corrected chi connectivity index (χ2v) is 3.38. The van der Waals surface area contributed by atoms with Gasteiger partial charge < -0.3 is 4.74 Å². The fourth-order valence-electron chi connectivity index (χ4n) is 1.06. The summed E-state index contributed by atoms with van der Waals surface area (Å²) >= 11 is 3.35. The van der Waals surface area contributed by atoms with Crippen LogP contribution in [0.4, 0.5) is 0 Å². The monoisotopic (exact) mass is 246 g/mol. The second kappa shape index (κ2) is 4.41. The van der Waals surface area contributed by atoms with Crippen LogP contribution < -0.4 is 0 Å². The number of rotatable bonds is 3. The fraction of sp³-hybridized carbons (Fsp3) is 0.500. The molecule has 0 aromatic carbocycles. The highest BCUT2D eigenvalue weighted by atomic mass is 79.9. The number of methoxy groups -OCH3 is 1. The molecule has 0 saturated heterocycles. The Labute approximate surface area is 85.0 Å². The number of carbonyl (C=O) groups excluding carboxylic acids is 1. The molecule has 0 aliphatic heterocycles. The van der Waals surface area contributed by atoms with E-state index in [1.54, 1.807) is 10.9 Å². The maximum atomic E-state index is 11.0. The van der Waals surface area contributed by atoms with Crippen molar-refractivity contribution in [2.45, 2.75) is 19.9 Å². The summed E-state index contributed by atoms with van der Waals surface area (Å²) in [5, 5.41) is 4.04. The van der Waals surface area contributed by atoms with E-state index in [1.807, 2.05) is 6.92 Å². The number of hydrogen-bond donors (Lipinski definition) is 0. The molecule has 0 spiro atoms. The first-order valence-corrected chi connectivity index (χ1v) is 4.75. The van der Waals surface area contributed by atoms with E-state index in [4.69, 9.17) is 0 Å². The molecule has 0 bridgehead atoms. The zero-order chi connectivity index (χ0) is 9.84. The molecule has 0 atom stereocenters. The summed E-state index contributed by atoms with van der Waals surface area (Å²) in [6, 6.07) is 0. The van der Waals surface area contributed by atoms with Crippen LogP contribution in [0.2, 0.25) is 0 Å². The Bertz CT molecular complexity index is 309. The molecule has 0 N–H and O–H groups in total. The number of nitrogens with zero attached hydrogens (tertiary/aromatic N) is 2. The van der Waals surface area contributed by atoms with Crippen molar-refractivity contribution in [3.63, 3.8) is 0 Å². The molecule has 1 aromatic rings. The quantitative estimate of drug-likeness (QED) is 0.758. The van der Waals surface area contributed by atoms with E-state index in [1.165, 1.54) is 7.11 Å². The van der Waals surface area contributed by atoms with Crippen LogP contribution in [0.25, 0.3) is 0 Å². The number of carbonyl (C=O) groups is 1. The van der Waals surface area contributed by atoms with Crippen molar-refractivity contribution in [1.29, 1.82) is 0 Å². The Morgan fingerprint density at radius 3 is 3.00 bits per heavy atom. The molecule has 72 valence electrons. The lowest BCUT2D eigenvalue weighted by Crippen LogP contribution is -2.14. The van der Waals surface area contributed by atoms with Crippen LogP contribution in [0.5, 0.6) is 0 Å². The maximum absolute atomic E-state index is 11.0. The van der Waals surface area contributed by atoms with Gasteiger partial charge in [-0.15, -0.1) is 0 Å². The molecule has 0 aliphatic carbocycles. The molecule has 13 heavy (non-hydrogen) atoms. The third-order valence-corrected chi connectivity index (χ3v) is 2.40. The number of ether oxygens (including phenoxy) is 1. The molecule has 0 radical (unpaired) electrons. The first kappa shape index (κ1) is 10.2. The standard InChI is InChI=1S/C8H11BrN2O2/c1-3-7-6(9)4-10-11(7)5-8(12)13-2/h4H,3,5H2,1-2H3. The van der Waals surface area contributed by atoms with Gasteiger partial charge >= 0.3 is 5.97 Å². The lowest BCUT2D eigenvalue weighted by molar-refractivity contribution is -0.141. The minimum Gasteiger partial charge on any atom is -0.468 e. The van der Waals surface area contributed by atoms with Crippen molar-refractivity contribution in [1.82, 2.24) is 9.78 Å². The van der Waals surface area contributed by atoms with Crippen LogP contribution in [0.3, 0.4) is 0 Å². The average Bonchev–Trinajstić information content (AvgIpc) is 2.46. The Balaban J connectivity index is 2.82. The highest BCUT2D eigenvalue weighted by Gasteiger charge is 2.09.